The number of halogens is 1. The Morgan fingerprint density at radius 3 is 2.17 bits per heavy atom. The Labute approximate surface area is 116 Å². The zero-order chi connectivity index (χ0) is 14.1. The van der Waals surface area contributed by atoms with Gasteiger partial charge >= 0.3 is 0 Å². The van der Waals surface area contributed by atoms with Crippen LogP contribution in [-0.4, -0.2) is 15.3 Å². The molecule has 0 aliphatic heterocycles. The van der Waals surface area contributed by atoms with Gasteiger partial charge in [-0.1, -0.05) is 32.4 Å². The largest absolute Gasteiger partial charge is 0.308 e. The first-order valence-electron chi connectivity index (χ1n) is 6.45. The normalized spacial score (nSPS) is 13.1. The Balaban J connectivity index is 2.70. The topological polar surface area (TPSA) is 29.9 Å². The lowest BCUT2D eigenvalue weighted by molar-refractivity contribution is 0.240. The Morgan fingerprint density at radius 2 is 1.78 bits per heavy atom. The maximum Gasteiger partial charge on any atom is 0.131 e. The monoisotopic (exact) mass is 271 g/mol. The lowest BCUT2D eigenvalue weighted by Crippen LogP contribution is -2.41. The third kappa shape index (κ3) is 4.29. The molecule has 0 bridgehead atoms. The molecule has 0 atom stereocenters. The van der Waals surface area contributed by atoms with E-state index in [2.05, 4.69) is 45.0 Å². The van der Waals surface area contributed by atoms with Gasteiger partial charge in [-0.2, -0.15) is 5.10 Å². The second-order valence-electron chi connectivity index (χ2n) is 6.95. The van der Waals surface area contributed by atoms with E-state index in [-0.39, 0.29) is 5.54 Å². The molecule has 0 unspecified atom stereocenters. The predicted octanol–water partition coefficient (Wildman–Crippen LogP) is 3.69. The number of hydrogen-bond donors (Lipinski definition) is 1. The zero-order valence-corrected chi connectivity index (χ0v) is 13.4. The van der Waals surface area contributed by atoms with E-state index in [0.717, 1.165) is 29.4 Å². The number of rotatable bonds is 4. The van der Waals surface area contributed by atoms with Crippen molar-refractivity contribution >= 4 is 11.6 Å². The van der Waals surface area contributed by atoms with E-state index < -0.39 is 0 Å². The zero-order valence-electron chi connectivity index (χ0n) is 12.7. The molecule has 0 radical (unpaired) electrons. The summed E-state index contributed by atoms with van der Waals surface area (Å²) in [7, 11) is 1.87. The summed E-state index contributed by atoms with van der Waals surface area (Å²) < 4.78 is 1.73. The van der Waals surface area contributed by atoms with E-state index in [1.54, 1.807) is 4.68 Å². The third-order valence-electron chi connectivity index (χ3n) is 2.99. The number of hydrogen-bond acceptors (Lipinski definition) is 2. The molecular weight excluding hydrogens is 246 g/mol. The molecule has 1 rings (SSSR count). The van der Waals surface area contributed by atoms with Crippen molar-refractivity contribution in [1.29, 1.82) is 0 Å². The molecule has 0 aromatic carbocycles. The fraction of sp³-hybridized carbons (Fsp3) is 0.786. The average molecular weight is 272 g/mol. The van der Waals surface area contributed by atoms with Crippen LogP contribution in [0.3, 0.4) is 0 Å². The van der Waals surface area contributed by atoms with Crippen LogP contribution in [0.1, 0.15) is 52.3 Å². The summed E-state index contributed by atoms with van der Waals surface area (Å²) in [4.78, 5) is 0. The fourth-order valence-corrected chi connectivity index (χ4v) is 2.83. The summed E-state index contributed by atoms with van der Waals surface area (Å²) in [5.74, 6) is 0. The van der Waals surface area contributed by atoms with Crippen LogP contribution in [0.4, 0.5) is 0 Å². The first-order valence-corrected chi connectivity index (χ1v) is 6.83. The van der Waals surface area contributed by atoms with Crippen LogP contribution in [-0.2, 0) is 13.6 Å². The fourth-order valence-electron chi connectivity index (χ4n) is 2.59. The van der Waals surface area contributed by atoms with Crippen molar-refractivity contribution in [3.8, 4) is 0 Å². The van der Waals surface area contributed by atoms with Crippen LogP contribution >= 0.6 is 11.6 Å². The Kier molecular flexibility index (Phi) is 4.50. The van der Waals surface area contributed by atoms with Gasteiger partial charge in [0.05, 0.1) is 5.69 Å². The van der Waals surface area contributed by atoms with Crippen LogP contribution in [0.5, 0.6) is 0 Å². The Morgan fingerprint density at radius 1 is 1.22 bits per heavy atom. The predicted molar refractivity (Wildman–Crippen MR) is 77.9 cm³/mol. The summed E-state index contributed by atoms with van der Waals surface area (Å²) in [5.41, 5.74) is 2.50. The first kappa shape index (κ1) is 15.5. The van der Waals surface area contributed by atoms with Crippen molar-refractivity contribution in [3.05, 3.63) is 16.4 Å². The molecule has 3 nitrogen and oxygen atoms in total. The quantitative estimate of drug-likeness (QED) is 0.905. The summed E-state index contributed by atoms with van der Waals surface area (Å²) in [5, 5.41) is 8.65. The van der Waals surface area contributed by atoms with E-state index in [1.165, 1.54) is 0 Å². The molecule has 0 saturated carbocycles. The van der Waals surface area contributed by atoms with Gasteiger partial charge in [-0.25, -0.2) is 0 Å². The highest BCUT2D eigenvalue weighted by Crippen LogP contribution is 2.27. The van der Waals surface area contributed by atoms with Crippen molar-refractivity contribution in [1.82, 2.24) is 15.1 Å². The Bertz CT molecular complexity index is 413. The van der Waals surface area contributed by atoms with Gasteiger partial charge in [0.1, 0.15) is 5.15 Å². The highest BCUT2D eigenvalue weighted by Gasteiger charge is 2.25. The average Bonchev–Trinajstić information content (AvgIpc) is 2.35. The lowest BCUT2D eigenvalue weighted by atomic mass is 9.82. The lowest BCUT2D eigenvalue weighted by Gasteiger charge is -2.33. The van der Waals surface area contributed by atoms with Crippen molar-refractivity contribution in [3.63, 3.8) is 0 Å². The van der Waals surface area contributed by atoms with E-state index in [4.69, 9.17) is 11.6 Å². The highest BCUT2D eigenvalue weighted by molar-refractivity contribution is 6.30. The summed E-state index contributed by atoms with van der Waals surface area (Å²) in [6.07, 6.45) is 1.11. The SMILES string of the molecule is Cc1nn(C)c(Cl)c1CNC(C)(C)CC(C)(C)C. The van der Waals surface area contributed by atoms with Crippen LogP contribution in [0.2, 0.25) is 5.15 Å². The van der Waals surface area contributed by atoms with Crippen LogP contribution < -0.4 is 5.32 Å². The molecule has 1 heterocycles. The first-order chi connectivity index (χ1) is 8.02. The maximum atomic E-state index is 6.24. The van der Waals surface area contributed by atoms with Gasteiger partial charge in [-0.3, -0.25) is 4.68 Å². The molecule has 1 N–H and O–H groups in total. The smallest absolute Gasteiger partial charge is 0.131 e. The number of aromatic nitrogens is 2. The summed E-state index contributed by atoms with van der Waals surface area (Å²) in [6.45, 7) is 14.0. The molecule has 0 spiro atoms. The minimum atomic E-state index is 0.0872. The minimum Gasteiger partial charge on any atom is -0.308 e. The molecule has 1 aromatic rings. The summed E-state index contributed by atoms with van der Waals surface area (Å²) in [6, 6.07) is 0. The number of aryl methyl sites for hydroxylation is 2. The molecule has 0 aliphatic rings. The highest BCUT2D eigenvalue weighted by atomic mass is 35.5. The van der Waals surface area contributed by atoms with E-state index in [0.29, 0.717) is 5.41 Å². The molecule has 0 amide bonds. The van der Waals surface area contributed by atoms with Gasteiger partial charge in [0, 0.05) is 24.7 Å². The van der Waals surface area contributed by atoms with Crippen molar-refractivity contribution in [2.45, 2.75) is 60.0 Å². The second-order valence-corrected chi connectivity index (χ2v) is 7.31. The summed E-state index contributed by atoms with van der Waals surface area (Å²) >= 11 is 6.24. The van der Waals surface area contributed by atoms with Crippen LogP contribution in [0.25, 0.3) is 0 Å². The number of nitrogens with zero attached hydrogens (tertiary/aromatic N) is 2. The molecule has 18 heavy (non-hydrogen) atoms. The second kappa shape index (κ2) is 5.22. The molecule has 1 aromatic heterocycles. The third-order valence-corrected chi connectivity index (χ3v) is 3.46. The maximum absolute atomic E-state index is 6.24. The van der Waals surface area contributed by atoms with Crippen molar-refractivity contribution in [2.75, 3.05) is 0 Å². The van der Waals surface area contributed by atoms with Gasteiger partial charge in [0.15, 0.2) is 0 Å². The van der Waals surface area contributed by atoms with E-state index in [9.17, 15) is 0 Å². The van der Waals surface area contributed by atoms with Gasteiger partial charge in [-0.15, -0.1) is 0 Å². The van der Waals surface area contributed by atoms with E-state index >= 15 is 0 Å². The van der Waals surface area contributed by atoms with E-state index in [1.807, 2.05) is 14.0 Å². The molecule has 4 heteroatoms. The van der Waals surface area contributed by atoms with Crippen LogP contribution in [0.15, 0.2) is 0 Å². The molecular formula is C14H26ClN3. The molecule has 0 aliphatic carbocycles. The van der Waals surface area contributed by atoms with Crippen molar-refractivity contribution in [2.24, 2.45) is 12.5 Å². The van der Waals surface area contributed by atoms with Crippen molar-refractivity contribution < 1.29 is 0 Å². The van der Waals surface area contributed by atoms with Crippen LogP contribution in [0, 0.1) is 12.3 Å². The molecule has 0 saturated heterocycles. The minimum absolute atomic E-state index is 0.0872. The van der Waals surface area contributed by atoms with Gasteiger partial charge in [0.2, 0.25) is 0 Å². The van der Waals surface area contributed by atoms with Gasteiger partial charge in [0.25, 0.3) is 0 Å². The Hall–Kier alpha value is -0.540. The molecule has 0 fully saturated rings. The van der Waals surface area contributed by atoms with Gasteiger partial charge < -0.3 is 5.32 Å². The standard InChI is InChI=1S/C14H26ClN3/c1-10-11(12(15)18(7)17-10)8-16-14(5,6)9-13(2,3)4/h16H,8-9H2,1-7H3. The van der Waals surface area contributed by atoms with Gasteiger partial charge in [-0.05, 0) is 32.6 Å². The molecule has 104 valence electrons. The number of nitrogens with one attached hydrogen (secondary N) is 1.